The molecule has 22 heavy (non-hydrogen) atoms. The largest absolute Gasteiger partial charge is 0.388 e. The highest BCUT2D eigenvalue weighted by Gasteiger charge is 2.33. The van der Waals surface area contributed by atoms with Gasteiger partial charge in [-0.3, -0.25) is 9.78 Å². The SMILES string of the molecule is CN(CC1(O)CCCC1)C(=O)c1cc(Cl)cc2cccnc12. The van der Waals surface area contributed by atoms with Gasteiger partial charge in [-0.15, -0.1) is 0 Å². The first-order valence-electron chi connectivity index (χ1n) is 7.51. The second kappa shape index (κ2) is 5.86. The van der Waals surface area contributed by atoms with Crippen molar-refractivity contribution in [3.8, 4) is 0 Å². The summed E-state index contributed by atoms with van der Waals surface area (Å²) in [4.78, 5) is 18.6. The smallest absolute Gasteiger partial charge is 0.255 e. The summed E-state index contributed by atoms with van der Waals surface area (Å²) in [5.74, 6) is -0.161. The van der Waals surface area contributed by atoms with Crippen LogP contribution in [0.25, 0.3) is 10.9 Å². The molecule has 1 N–H and O–H groups in total. The van der Waals surface area contributed by atoms with Crippen molar-refractivity contribution in [2.45, 2.75) is 31.3 Å². The Kier molecular flexibility index (Phi) is 4.06. The van der Waals surface area contributed by atoms with Gasteiger partial charge in [0.1, 0.15) is 0 Å². The number of pyridine rings is 1. The molecule has 1 amide bonds. The normalized spacial score (nSPS) is 16.9. The molecule has 1 heterocycles. The fraction of sp³-hybridized carbons (Fsp3) is 0.412. The number of halogens is 1. The van der Waals surface area contributed by atoms with Crippen LogP contribution in [0.2, 0.25) is 5.02 Å². The Morgan fingerprint density at radius 2 is 2.14 bits per heavy atom. The average molecular weight is 319 g/mol. The van der Waals surface area contributed by atoms with Crippen LogP contribution in [0.15, 0.2) is 30.5 Å². The second-order valence-corrected chi connectivity index (χ2v) is 6.56. The fourth-order valence-electron chi connectivity index (χ4n) is 3.23. The van der Waals surface area contributed by atoms with Crippen LogP contribution in [0.4, 0.5) is 0 Å². The van der Waals surface area contributed by atoms with E-state index in [0.29, 0.717) is 22.6 Å². The van der Waals surface area contributed by atoms with Crippen LogP contribution >= 0.6 is 11.6 Å². The quantitative estimate of drug-likeness (QED) is 0.945. The van der Waals surface area contributed by atoms with E-state index in [1.807, 2.05) is 12.1 Å². The van der Waals surface area contributed by atoms with Gasteiger partial charge in [0, 0.05) is 30.2 Å². The topological polar surface area (TPSA) is 53.4 Å². The predicted molar refractivity (Wildman–Crippen MR) is 87.1 cm³/mol. The Bertz CT molecular complexity index is 711. The van der Waals surface area contributed by atoms with E-state index in [0.717, 1.165) is 31.1 Å². The van der Waals surface area contributed by atoms with Gasteiger partial charge in [-0.05, 0) is 31.0 Å². The number of amides is 1. The zero-order valence-corrected chi connectivity index (χ0v) is 13.3. The van der Waals surface area contributed by atoms with Gasteiger partial charge in [0.25, 0.3) is 5.91 Å². The molecule has 0 unspecified atom stereocenters. The van der Waals surface area contributed by atoms with Gasteiger partial charge in [0.15, 0.2) is 0 Å². The molecule has 1 aromatic heterocycles. The van der Waals surface area contributed by atoms with Crippen molar-refractivity contribution in [2.24, 2.45) is 0 Å². The minimum atomic E-state index is -0.758. The number of aliphatic hydroxyl groups is 1. The van der Waals surface area contributed by atoms with Crippen molar-refractivity contribution in [1.82, 2.24) is 9.88 Å². The number of nitrogens with zero attached hydrogens (tertiary/aromatic N) is 2. The maximum absolute atomic E-state index is 12.8. The minimum Gasteiger partial charge on any atom is -0.388 e. The molecule has 4 nitrogen and oxygen atoms in total. The van der Waals surface area contributed by atoms with Crippen LogP contribution < -0.4 is 0 Å². The van der Waals surface area contributed by atoms with E-state index in [9.17, 15) is 9.90 Å². The number of carbonyl (C=O) groups is 1. The third-order valence-corrected chi connectivity index (χ3v) is 4.53. The van der Waals surface area contributed by atoms with Gasteiger partial charge in [0.05, 0.1) is 16.7 Å². The summed E-state index contributed by atoms with van der Waals surface area (Å²) >= 11 is 6.12. The third kappa shape index (κ3) is 2.94. The van der Waals surface area contributed by atoms with E-state index < -0.39 is 5.60 Å². The molecule has 1 aliphatic carbocycles. The Labute approximate surface area is 134 Å². The first-order chi connectivity index (χ1) is 10.5. The molecule has 0 radical (unpaired) electrons. The molecule has 1 aliphatic rings. The Balaban J connectivity index is 1.91. The number of aromatic nitrogens is 1. The molecule has 3 rings (SSSR count). The monoisotopic (exact) mass is 318 g/mol. The van der Waals surface area contributed by atoms with Crippen LogP contribution in [0.5, 0.6) is 0 Å². The van der Waals surface area contributed by atoms with Crippen LogP contribution in [0, 0.1) is 0 Å². The molecule has 0 spiro atoms. The minimum absolute atomic E-state index is 0.161. The Hall–Kier alpha value is -1.65. The van der Waals surface area contributed by atoms with Gasteiger partial charge in [0.2, 0.25) is 0 Å². The number of carbonyl (C=O) groups excluding carboxylic acids is 1. The highest BCUT2D eigenvalue weighted by molar-refractivity contribution is 6.32. The third-order valence-electron chi connectivity index (χ3n) is 4.31. The van der Waals surface area contributed by atoms with E-state index in [4.69, 9.17) is 11.6 Å². The van der Waals surface area contributed by atoms with E-state index in [-0.39, 0.29) is 5.91 Å². The van der Waals surface area contributed by atoms with Gasteiger partial charge in [-0.2, -0.15) is 0 Å². The van der Waals surface area contributed by atoms with E-state index in [1.165, 1.54) is 0 Å². The molecular formula is C17H19ClN2O2. The van der Waals surface area contributed by atoms with Crippen LogP contribution in [-0.4, -0.2) is 40.1 Å². The molecule has 0 aliphatic heterocycles. The van der Waals surface area contributed by atoms with Crippen LogP contribution in [-0.2, 0) is 0 Å². The number of benzene rings is 1. The number of rotatable bonds is 3. The highest BCUT2D eigenvalue weighted by atomic mass is 35.5. The van der Waals surface area contributed by atoms with Crippen molar-refractivity contribution in [2.75, 3.05) is 13.6 Å². The number of fused-ring (bicyclic) bond motifs is 1. The van der Waals surface area contributed by atoms with E-state index in [1.54, 1.807) is 30.3 Å². The maximum atomic E-state index is 12.8. The van der Waals surface area contributed by atoms with Crippen LogP contribution in [0.1, 0.15) is 36.0 Å². The molecule has 2 aromatic rings. The molecule has 1 fully saturated rings. The first kappa shape index (κ1) is 15.3. The van der Waals surface area contributed by atoms with E-state index in [2.05, 4.69) is 4.98 Å². The summed E-state index contributed by atoms with van der Waals surface area (Å²) < 4.78 is 0. The van der Waals surface area contributed by atoms with Crippen LogP contribution in [0.3, 0.4) is 0 Å². The lowest BCUT2D eigenvalue weighted by Gasteiger charge is -2.28. The first-order valence-corrected chi connectivity index (χ1v) is 7.88. The Morgan fingerprint density at radius 1 is 1.41 bits per heavy atom. The molecule has 1 saturated carbocycles. The molecule has 5 heteroatoms. The summed E-state index contributed by atoms with van der Waals surface area (Å²) in [6.45, 7) is 0.340. The van der Waals surface area contributed by atoms with Crippen molar-refractivity contribution in [3.63, 3.8) is 0 Å². The maximum Gasteiger partial charge on any atom is 0.255 e. The predicted octanol–water partition coefficient (Wildman–Crippen LogP) is 3.27. The molecular weight excluding hydrogens is 300 g/mol. The number of hydrogen-bond donors (Lipinski definition) is 1. The summed E-state index contributed by atoms with van der Waals surface area (Å²) in [5, 5.41) is 11.8. The second-order valence-electron chi connectivity index (χ2n) is 6.12. The lowest BCUT2D eigenvalue weighted by molar-refractivity contribution is 0.0157. The van der Waals surface area contributed by atoms with Gasteiger partial charge >= 0.3 is 0 Å². The van der Waals surface area contributed by atoms with Gasteiger partial charge in [-0.25, -0.2) is 0 Å². The standard InChI is InChI=1S/C17H19ClN2O2/c1-20(11-17(22)6-2-3-7-17)16(21)14-10-13(18)9-12-5-4-8-19-15(12)14/h4-5,8-10,22H,2-3,6-7,11H2,1H3. The van der Waals surface area contributed by atoms with Crippen molar-refractivity contribution < 1.29 is 9.90 Å². The molecule has 0 saturated heterocycles. The zero-order chi connectivity index (χ0) is 15.7. The number of likely N-dealkylation sites (N-methyl/N-ethyl adjacent to an activating group) is 1. The van der Waals surface area contributed by atoms with Crippen molar-refractivity contribution >= 4 is 28.4 Å². The summed E-state index contributed by atoms with van der Waals surface area (Å²) in [6.07, 6.45) is 5.19. The lowest BCUT2D eigenvalue weighted by atomic mass is 10.0. The summed E-state index contributed by atoms with van der Waals surface area (Å²) in [5.41, 5.74) is 0.362. The summed E-state index contributed by atoms with van der Waals surface area (Å²) in [6, 6.07) is 7.15. The Morgan fingerprint density at radius 3 is 2.86 bits per heavy atom. The molecule has 1 aromatic carbocycles. The molecule has 0 atom stereocenters. The lowest BCUT2D eigenvalue weighted by Crippen LogP contribution is -2.42. The van der Waals surface area contributed by atoms with Gasteiger partial charge in [-0.1, -0.05) is 30.5 Å². The van der Waals surface area contributed by atoms with E-state index >= 15 is 0 Å². The molecule has 0 bridgehead atoms. The highest BCUT2D eigenvalue weighted by Crippen LogP contribution is 2.31. The zero-order valence-electron chi connectivity index (χ0n) is 12.6. The van der Waals surface area contributed by atoms with Gasteiger partial charge < -0.3 is 10.0 Å². The van der Waals surface area contributed by atoms with Crippen molar-refractivity contribution in [1.29, 1.82) is 0 Å². The molecule has 116 valence electrons. The number of hydrogen-bond acceptors (Lipinski definition) is 3. The fourth-order valence-corrected chi connectivity index (χ4v) is 3.46. The average Bonchev–Trinajstić information content (AvgIpc) is 2.91. The summed E-state index contributed by atoms with van der Waals surface area (Å²) in [7, 11) is 1.72. The van der Waals surface area contributed by atoms with Crippen molar-refractivity contribution in [3.05, 3.63) is 41.0 Å².